The van der Waals surface area contributed by atoms with Crippen molar-refractivity contribution in [3.05, 3.63) is 66.7 Å². The van der Waals surface area contributed by atoms with Crippen LogP contribution in [0.1, 0.15) is 12.5 Å². The fraction of sp³-hybridized carbons (Fsp3) is 0.222. The lowest BCUT2D eigenvalue weighted by molar-refractivity contribution is 0.340. The van der Waals surface area contributed by atoms with Gasteiger partial charge in [-0.15, -0.1) is 0 Å². The van der Waals surface area contributed by atoms with Crippen molar-refractivity contribution in [1.82, 2.24) is 0 Å². The molecule has 3 heteroatoms. The van der Waals surface area contributed by atoms with Crippen LogP contribution in [0, 0.1) is 0 Å². The van der Waals surface area contributed by atoms with E-state index in [4.69, 9.17) is 9.47 Å². The number of rotatable bonds is 8. The van der Waals surface area contributed by atoms with Crippen molar-refractivity contribution in [3.8, 4) is 11.5 Å². The smallest absolute Gasteiger partial charge is 0.120 e. The van der Waals surface area contributed by atoms with Crippen LogP contribution in [0.3, 0.4) is 0 Å². The van der Waals surface area contributed by atoms with E-state index in [2.05, 4.69) is 18.0 Å². The van der Waals surface area contributed by atoms with Crippen molar-refractivity contribution >= 4 is 5.69 Å². The van der Waals surface area contributed by atoms with Gasteiger partial charge in [0.15, 0.2) is 0 Å². The second-order valence-electron chi connectivity index (χ2n) is 4.56. The summed E-state index contributed by atoms with van der Waals surface area (Å²) in [5.41, 5.74) is 2.24. The number of hydrogen-bond donors (Lipinski definition) is 1. The van der Waals surface area contributed by atoms with Crippen LogP contribution in [0.2, 0.25) is 0 Å². The predicted molar refractivity (Wildman–Crippen MR) is 87.1 cm³/mol. The van der Waals surface area contributed by atoms with Gasteiger partial charge in [-0.3, -0.25) is 0 Å². The second-order valence-corrected chi connectivity index (χ2v) is 4.56. The van der Waals surface area contributed by atoms with Gasteiger partial charge >= 0.3 is 0 Å². The molecule has 0 heterocycles. The summed E-state index contributed by atoms with van der Waals surface area (Å²) in [6.45, 7) is 7.58. The molecule has 0 bridgehead atoms. The first kappa shape index (κ1) is 15.0. The number of benzene rings is 2. The van der Waals surface area contributed by atoms with E-state index in [1.165, 1.54) is 5.56 Å². The number of hydrogen-bond acceptors (Lipinski definition) is 3. The maximum absolute atomic E-state index is 5.53. The van der Waals surface area contributed by atoms with Gasteiger partial charge in [0.05, 0.1) is 6.61 Å². The van der Waals surface area contributed by atoms with E-state index in [0.29, 0.717) is 13.2 Å². The zero-order chi connectivity index (χ0) is 14.9. The Bertz CT molecular complexity index is 564. The van der Waals surface area contributed by atoms with Crippen molar-refractivity contribution in [2.24, 2.45) is 0 Å². The van der Waals surface area contributed by atoms with Crippen LogP contribution < -0.4 is 14.8 Å². The summed E-state index contributed by atoms with van der Waals surface area (Å²) in [5, 5.41) is 3.38. The Kier molecular flexibility index (Phi) is 5.71. The molecule has 1 N–H and O–H groups in total. The lowest BCUT2D eigenvalue weighted by atomic mass is 10.2. The molecule has 0 aliphatic heterocycles. The van der Waals surface area contributed by atoms with Gasteiger partial charge in [-0.05, 0) is 48.9 Å². The summed E-state index contributed by atoms with van der Waals surface area (Å²) >= 11 is 0. The van der Waals surface area contributed by atoms with E-state index in [1.807, 2.05) is 49.4 Å². The Hall–Kier alpha value is -2.42. The van der Waals surface area contributed by atoms with E-state index in [-0.39, 0.29) is 0 Å². The Morgan fingerprint density at radius 2 is 1.86 bits per heavy atom. The Morgan fingerprint density at radius 1 is 1.05 bits per heavy atom. The zero-order valence-corrected chi connectivity index (χ0v) is 12.3. The van der Waals surface area contributed by atoms with Crippen LogP contribution in [-0.4, -0.2) is 13.2 Å². The predicted octanol–water partition coefficient (Wildman–Crippen LogP) is 4.26. The average Bonchev–Trinajstić information content (AvgIpc) is 2.53. The highest BCUT2D eigenvalue weighted by Gasteiger charge is 1.98. The lowest BCUT2D eigenvalue weighted by Crippen LogP contribution is -2.00. The SMILES string of the molecule is C=CCOc1cccc(CNc2ccc(OCC)cc2)c1. The van der Waals surface area contributed by atoms with Gasteiger partial charge < -0.3 is 14.8 Å². The minimum atomic E-state index is 0.524. The zero-order valence-electron chi connectivity index (χ0n) is 12.3. The molecule has 2 aromatic rings. The molecule has 0 radical (unpaired) electrons. The van der Waals surface area contributed by atoms with E-state index in [0.717, 1.165) is 23.7 Å². The molecule has 0 aliphatic carbocycles. The molecular weight excluding hydrogens is 262 g/mol. The summed E-state index contributed by atoms with van der Waals surface area (Å²) < 4.78 is 11.0. The third-order valence-corrected chi connectivity index (χ3v) is 2.93. The van der Waals surface area contributed by atoms with Crippen molar-refractivity contribution < 1.29 is 9.47 Å². The van der Waals surface area contributed by atoms with Crippen LogP contribution in [0.5, 0.6) is 11.5 Å². The van der Waals surface area contributed by atoms with Gasteiger partial charge in [-0.1, -0.05) is 24.8 Å². The minimum Gasteiger partial charge on any atom is -0.494 e. The molecule has 0 saturated carbocycles. The second kappa shape index (κ2) is 8.00. The molecule has 0 saturated heterocycles. The maximum Gasteiger partial charge on any atom is 0.120 e. The van der Waals surface area contributed by atoms with E-state index >= 15 is 0 Å². The molecule has 2 rings (SSSR count). The highest BCUT2D eigenvalue weighted by atomic mass is 16.5. The Labute approximate surface area is 126 Å². The Balaban J connectivity index is 1.91. The number of anilines is 1. The van der Waals surface area contributed by atoms with Crippen LogP contribution in [0.25, 0.3) is 0 Å². The third-order valence-electron chi connectivity index (χ3n) is 2.93. The molecule has 3 nitrogen and oxygen atoms in total. The van der Waals surface area contributed by atoms with Gasteiger partial charge in [-0.25, -0.2) is 0 Å². The molecule has 0 aromatic heterocycles. The van der Waals surface area contributed by atoms with Crippen molar-refractivity contribution in [1.29, 1.82) is 0 Å². The van der Waals surface area contributed by atoms with E-state index in [9.17, 15) is 0 Å². The molecule has 0 amide bonds. The fourth-order valence-corrected chi connectivity index (χ4v) is 1.94. The molecule has 0 fully saturated rings. The largest absolute Gasteiger partial charge is 0.494 e. The standard InChI is InChI=1S/C18H21NO2/c1-3-12-21-18-7-5-6-15(13-18)14-19-16-8-10-17(11-9-16)20-4-2/h3,5-11,13,19H,1,4,12,14H2,2H3. The normalized spacial score (nSPS) is 9.95. The quantitative estimate of drug-likeness (QED) is 0.734. The minimum absolute atomic E-state index is 0.524. The molecular formula is C18H21NO2. The number of nitrogens with one attached hydrogen (secondary N) is 1. The molecule has 110 valence electrons. The molecule has 0 spiro atoms. The average molecular weight is 283 g/mol. The van der Waals surface area contributed by atoms with Crippen molar-refractivity contribution in [2.45, 2.75) is 13.5 Å². The van der Waals surface area contributed by atoms with Gasteiger partial charge in [0.2, 0.25) is 0 Å². The first-order chi connectivity index (χ1) is 10.3. The summed E-state index contributed by atoms with van der Waals surface area (Å²) in [5.74, 6) is 1.75. The van der Waals surface area contributed by atoms with Crippen molar-refractivity contribution in [2.75, 3.05) is 18.5 Å². The molecule has 21 heavy (non-hydrogen) atoms. The monoisotopic (exact) mass is 283 g/mol. The van der Waals surface area contributed by atoms with Crippen LogP contribution >= 0.6 is 0 Å². The molecule has 2 aromatic carbocycles. The fourth-order valence-electron chi connectivity index (χ4n) is 1.94. The van der Waals surface area contributed by atoms with E-state index in [1.54, 1.807) is 6.08 Å². The van der Waals surface area contributed by atoms with Gasteiger partial charge in [0, 0.05) is 12.2 Å². The van der Waals surface area contributed by atoms with Crippen LogP contribution in [0.4, 0.5) is 5.69 Å². The van der Waals surface area contributed by atoms with E-state index < -0.39 is 0 Å². The topological polar surface area (TPSA) is 30.5 Å². The van der Waals surface area contributed by atoms with Crippen LogP contribution in [-0.2, 0) is 6.54 Å². The van der Waals surface area contributed by atoms with Crippen molar-refractivity contribution in [3.63, 3.8) is 0 Å². The molecule has 0 atom stereocenters. The Morgan fingerprint density at radius 3 is 2.57 bits per heavy atom. The molecule has 0 aliphatic rings. The first-order valence-electron chi connectivity index (χ1n) is 7.11. The third kappa shape index (κ3) is 4.88. The highest BCUT2D eigenvalue weighted by molar-refractivity contribution is 5.47. The summed E-state index contributed by atoms with van der Waals surface area (Å²) in [6, 6.07) is 16.0. The van der Waals surface area contributed by atoms with Crippen LogP contribution in [0.15, 0.2) is 61.2 Å². The first-order valence-corrected chi connectivity index (χ1v) is 7.11. The number of ether oxygens (including phenoxy) is 2. The summed E-state index contributed by atoms with van der Waals surface area (Å²) in [6.07, 6.45) is 1.74. The molecule has 0 unspecified atom stereocenters. The van der Waals surface area contributed by atoms with Gasteiger partial charge in [-0.2, -0.15) is 0 Å². The lowest BCUT2D eigenvalue weighted by Gasteiger charge is -2.09. The highest BCUT2D eigenvalue weighted by Crippen LogP contribution is 2.18. The maximum atomic E-state index is 5.53. The summed E-state index contributed by atoms with van der Waals surface area (Å²) in [4.78, 5) is 0. The summed E-state index contributed by atoms with van der Waals surface area (Å²) in [7, 11) is 0. The van der Waals surface area contributed by atoms with Gasteiger partial charge in [0.25, 0.3) is 0 Å². The van der Waals surface area contributed by atoms with Gasteiger partial charge in [0.1, 0.15) is 18.1 Å².